The van der Waals surface area contributed by atoms with Crippen LogP contribution in [-0.4, -0.2) is 54.9 Å². The molecule has 0 radical (unpaired) electrons. The molecule has 1 atom stereocenters. The highest BCUT2D eigenvalue weighted by molar-refractivity contribution is 7.98. The molecular formula is C18H23N3O3S. The molecular weight excluding hydrogens is 338 g/mol. The van der Waals surface area contributed by atoms with E-state index in [9.17, 15) is 4.79 Å². The number of carbonyl (C=O) groups excluding carboxylic acids is 1. The first-order chi connectivity index (χ1) is 12.2. The van der Waals surface area contributed by atoms with E-state index < -0.39 is 0 Å². The summed E-state index contributed by atoms with van der Waals surface area (Å²) in [6, 6.07) is 7.52. The zero-order chi connectivity index (χ0) is 17.6. The first-order valence-corrected chi connectivity index (χ1v) is 9.57. The van der Waals surface area contributed by atoms with Gasteiger partial charge in [0.2, 0.25) is 0 Å². The number of nitrogens with one attached hydrogen (secondary N) is 1. The molecule has 25 heavy (non-hydrogen) atoms. The Balaban J connectivity index is 1.72. The minimum Gasteiger partial charge on any atom is -0.465 e. The first-order valence-electron chi connectivity index (χ1n) is 8.34. The largest absolute Gasteiger partial charge is 0.465 e. The predicted molar refractivity (Wildman–Crippen MR) is 96.9 cm³/mol. The Morgan fingerprint density at radius 2 is 2.16 bits per heavy atom. The molecule has 1 amide bonds. The van der Waals surface area contributed by atoms with Gasteiger partial charge in [-0.05, 0) is 37.4 Å². The molecule has 6 nitrogen and oxygen atoms in total. The maximum absolute atomic E-state index is 12.6. The van der Waals surface area contributed by atoms with Crippen LogP contribution >= 0.6 is 11.8 Å². The molecule has 0 bridgehead atoms. The van der Waals surface area contributed by atoms with Gasteiger partial charge in [0.05, 0.1) is 24.8 Å². The van der Waals surface area contributed by atoms with Crippen LogP contribution in [0.15, 0.2) is 39.9 Å². The van der Waals surface area contributed by atoms with Crippen LogP contribution in [0.2, 0.25) is 0 Å². The van der Waals surface area contributed by atoms with Gasteiger partial charge in [-0.25, -0.2) is 4.98 Å². The van der Waals surface area contributed by atoms with Crippen LogP contribution in [0.4, 0.5) is 0 Å². The molecule has 0 saturated carbocycles. The number of furan rings is 1. The average molecular weight is 361 g/mol. The van der Waals surface area contributed by atoms with Crippen LogP contribution in [0.3, 0.4) is 0 Å². The Kier molecular flexibility index (Phi) is 6.12. The normalized spacial score (nSPS) is 16.6. The second-order valence-corrected chi connectivity index (χ2v) is 6.68. The van der Waals surface area contributed by atoms with Gasteiger partial charge in [-0.3, -0.25) is 9.69 Å². The molecule has 7 heteroatoms. The van der Waals surface area contributed by atoms with Crippen molar-refractivity contribution >= 4 is 17.7 Å². The maximum atomic E-state index is 12.6. The number of thioether (sulfide) groups is 1. The quantitative estimate of drug-likeness (QED) is 0.798. The number of morpholine rings is 1. The van der Waals surface area contributed by atoms with E-state index in [-0.39, 0.29) is 11.9 Å². The van der Waals surface area contributed by atoms with Crippen molar-refractivity contribution in [1.29, 1.82) is 0 Å². The zero-order valence-electron chi connectivity index (χ0n) is 14.5. The van der Waals surface area contributed by atoms with Crippen LogP contribution in [0, 0.1) is 6.92 Å². The molecule has 1 unspecified atom stereocenters. The molecule has 0 aromatic carbocycles. The number of pyridine rings is 1. The smallest absolute Gasteiger partial charge is 0.254 e. The lowest BCUT2D eigenvalue weighted by Crippen LogP contribution is -2.43. The van der Waals surface area contributed by atoms with Crippen molar-refractivity contribution in [2.45, 2.75) is 18.0 Å². The molecule has 134 valence electrons. The molecule has 0 aliphatic carbocycles. The van der Waals surface area contributed by atoms with Gasteiger partial charge < -0.3 is 14.5 Å². The van der Waals surface area contributed by atoms with Gasteiger partial charge in [-0.1, -0.05) is 0 Å². The predicted octanol–water partition coefficient (Wildman–Crippen LogP) is 2.51. The lowest BCUT2D eigenvalue weighted by Gasteiger charge is -2.33. The SMILES string of the molecule is CSc1ncccc1C(=O)NCC(c1ccc(C)o1)N1CCOCC1. The second kappa shape index (κ2) is 8.51. The third-order valence-electron chi connectivity index (χ3n) is 4.24. The fraction of sp³-hybridized carbons (Fsp3) is 0.444. The van der Waals surface area contributed by atoms with Crippen LogP contribution in [0.5, 0.6) is 0 Å². The minimum atomic E-state index is -0.112. The highest BCUT2D eigenvalue weighted by Gasteiger charge is 2.26. The van der Waals surface area contributed by atoms with Gasteiger partial charge >= 0.3 is 0 Å². The highest BCUT2D eigenvalue weighted by Crippen LogP contribution is 2.24. The fourth-order valence-electron chi connectivity index (χ4n) is 2.94. The molecule has 3 rings (SSSR count). The van der Waals surface area contributed by atoms with Crippen molar-refractivity contribution in [2.75, 3.05) is 39.1 Å². The minimum absolute atomic E-state index is 0.00375. The second-order valence-electron chi connectivity index (χ2n) is 5.88. The Morgan fingerprint density at radius 1 is 1.36 bits per heavy atom. The summed E-state index contributed by atoms with van der Waals surface area (Å²) in [5.74, 6) is 1.63. The molecule has 1 saturated heterocycles. The summed E-state index contributed by atoms with van der Waals surface area (Å²) in [5.41, 5.74) is 0.603. The number of nitrogens with zero attached hydrogens (tertiary/aromatic N) is 2. The third-order valence-corrected chi connectivity index (χ3v) is 4.95. The molecule has 1 aliphatic rings. The lowest BCUT2D eigenvalue weighted by atomic mass is 10.1. The monoisotopic (exact) mass is 361 g/mol. The number of hydrogen-bond donors (Lipinski definition) is 1. The summed E-state index contributed by atoms with van der Waals surface area (Å²) in [5, 5.41) is 3.78. The number of rotatable bonds is 6. The zero-order valence-corrected chi connectivity index (χ0v) is 15.3. The Labute approximate surface area is 151 Å². The van der Waals surface area contributed by atoms with Crippen LogP contribution < -0.4 is 5.32 Å². The third kappa shape index (κ3) is 4.42. The number of carbonyl (C=O) groups is 1. The van der Waals surface area contributed by atoms with Crippen molar-refractivity contribution in [3.63, 3.8) is 0 Å². The molecule has 2 aromatic heterocycles. The van der Waals surface area contributed by atoms with E-state index in [0.717, 1.165) is 29.6 Å². The Morgan fingerprint density at radius 3 is 2.84 bits per heavy atom. The van der Waals surface area contributed by atoms with Gasteiger partial charge in [0.25, 0.3) is 5.91 Å². The highest BCUT2D eigenvalue weighted by atomic mass is 32.2. The average Bonchev–Trinajstić information content (AvgIpc) is 3.08. The number of amides is 1. The van der Waals surface area contributed by atoms with E-state index in [4.69, 9.17) is 9.15 Å². The maximum Gasteiger partial charge on any atom is 0.254 e. The summed E-state index contributed by atoms with van der Waals surface area (Å²) in [7, 11) is 0. The summed E-state index contributed by atoms with van der Waals surface area (Å²) < 4.78 is 11.3. The van der Waals surface area contributed by atoms with Crippen molar-refractivity contribution in [1.82, 2.24) is 15.2 Å². The summed E-state index contributed by atoms with van der Waals surface area (Å²) >= 11 is 1.47. The van der Waals surface area contributed by atoms with Gasteiger partial charge in [-0.2, -0.15) is 0 Å². The number of aromatic nitrogens is 1. The fourth-order valence-corrected chi connectivity index (χ4v) is 3.49. The molecule has 1 N–H and O–H groups in total. The van der Waals surface area contributed by atoms with E-state index in [2.05, 4.69) is 15.2 Å². The molecule has 3 heterocycles. The molecule has 0 spiro atoms. The summed E-state index contributed by atoms with van der Waals surface area (Å²) in [6.45, 7) is 5.45. The molecule has 1 aliphatic heterocycles. The van der Waals surface area contributed by atoms with E-state index in [1.807, 2.05) is 25.3 Å². The Bertz CT molecular complexity index is 713. The van der Waals surface area contributed by atoms with Gasteiger partial charge in [-0.15, -0.1) is 11.8 Å². The van der Waals surface area contributed by atoms with E-state index in [0.29, 0.717) is 25.3 Å². The van der Waals surface area contributed by atoms with Crippen molar-refractivity contribution in [3.05, 3.63) is 47.5 Å². The van der Waals surface area contributed by atoms with Crippen molar-refractivity contribution in [3.8, 4) is 0 Å². The van der Waals surface area contributed by atoms with Gasteiger partial charge in [0.1, 0.15) is 16.5 Å². The Hall–Kier alpha value is -1.83. The van der Waals surface area contributed by atoms with Gasteiger partial charge in [0, 0.05) is 25.8 Å². The van der Waals surface area contributed by atoms with E-state index in [1.54, 1.807) is 18.3 Å². The van der Waals surface area contributed by atoms with Crippen molar-refractivity contribution in [2.24, 2.45) is 0 Å². The topological polar surface area (TPSA) is 67.6 Å². The molecule has 2 aromatic rings. The number of hydrogen-bond acceptors (Lipinski definition) is 6. The summed E-state index contributed by atoms with van der Waals surface area (Å²) in [4.78, 5) is 19.2. The van der Waals surface area contributed by atoms with Gasteiger partial charge in [0.15, 0.2) is 0 Å². The standard InChI is InChI=1S/C18H23N3O3S/c1-13-5-6-16(24-13)15(21-8-10-23-11-9-21)12-20-17(22)14-4-3-7-19-18(14)25-2/h3-7,15H,8-12H2,1-2H3,(H,20,22). The number of ether oxygens (including phenoxy) is 1. The van der Waals surface area contributed by atoms with E-state index in [1.165, 1.54) is 11.8 Å². The van der Waals surface area contributed by atoms with Crippen molar-refractivity contribution < 1.29 is 13.9 Å². The van der Waals surface area contributed by atoms with E-state index >= 15 is 0 Å². The van der Waals surface area contributed by atoms with Crippen LogP contribution in [-0.2, 0) is 4.74 Å². The number of aryl methyl sites for hydroxylation is 1. The molecule has 1 fully saturated rings. The first kappa shape index (κ1) is 18.0. The summed E-state index contributed by atoms with van der Waals surface area (Å²) in [6.07, 6.45) is 3.62. The van der Waals surface area contributed by atoms with Crippen LogP contribution in [0.25, 0.3) is 0 Å². The van der Waals surface area contributed by atoms with Crippen LogP contribution in [0.1, 0.15) is 27.9 Å². The lowest BCUT2D eigenvalue weighted by molar-refractivity contribution is 0.0117.